The van der Waals surface area contributed by atoms with Gasteiger partial charge in [-0.3, -0.25) is 4.79 Å². The molecule has 0 atom stereocenters. The summed E-state index contributed by atoms with van der Waals surface area (Å²) in [6, 6.07) is 0.438. The summed E-state index contributed by atoms with van der Waals surface area (Å²) in [5.41, 5.74) is 1.95. The highest BCUT2D eigenvalue weighted by molar-refractivity contribution is 5.97. The standard InChI is InChI=1S/C17H25N3O/c1-17(2)8-14-16(15(21)9-17)20(11-19-14)13-6-4-12(5-7-13)10-18-3/h10-13H,4-9H2,1-3H3/t12-,13+. The van der Waals surface area contributed by atoms with Gasteiger partial charge in [0.2, 0.25) is 0 Å². The van der Waals surface area contributed by atoms with Gasteiger partial charge in [0, 0.05) is 25.7 Å². The maximum Gasteiger partial charge on any atom is 0.181 e. The van der Waals surface area contributed by atoms with Crippen LogP contribution in [0.2, 0.25) is 0 Å². The molecule has 0 aromatic carbocycles. The second-order valence-electron chi connectivity index (χ2n) is 7.36. The lowest BCUT2D eigenvalue weighted by atomic mass is 9.77. The summed E-state index contributed by atoms with van der Waals surface area (Å²) in [4.78, 5) is 21.2. The predicted octanol–water partition coefficient (Wildman–Crippen LogP) is 3.47. The molecule has 1 fully saturated rings. The van der Waals surface area contributed by atoms with E-state index in [0.29, 0.717) is 18.4 Å². The number of fused-ring (bicyclic) bond motifs is 1. The zero-order valence-corrected chi connectivity index (χ0v) is 13.3. The lowest BCUT2D eigenvalue weighted by Gasteiger charge is -2.31. The molecule has 0 N–H and O–H groups in total. The normalized spacial score (nSPS) is 28.8. The van der Waals surface area contributed by atoms with E-state index in [4.69, 9.17) is 0 Å². The van der Waals surface area contributed by atoms with Crippen LogP contribution in [0.15, 0.2) is 11.3 Å². The van der Waals surface area contributed by atoms with E-state index in [1.54, 1.807) is 0 Å². The number of nitrogens with zero attached hydrogens (tertiary/aromatic N) is 3. The van der Waals surface area contributed by atoms with E-state index in [1.807, 2.05) is 13.4 Å². The Morgan fingerprint density at radius 1 is 1.29 bits per heavy atom. The quantitative estimate of drug-likeness (QED) is 0.782. The van der Waals surface area contributed by atoms with Crippen LogP contribution in [-0.4, -0.2) is 28.6 Å². The number of ketones is 1. The Labute approximate surface area is 126 Å². The smallest absolute Gasteiger partial charge is 0.181 e. The Balaban J connectivity index is 1.80. The fourth-order valence-corrected chi connectivity index (χ4v) is 3.88. The Morgan fingerprint density at radius 3 is 2.67 bits per heavy atom. The third-order valence-electron chi connectivity index (χ3n) is 4.91. The van der Waals surface area contributed by atoms with Gasteiger partial charge in [-0.25, -0.2) is 4.98 Å². The fraction of sp³-hybridized carbons (Fsp3) is 0.706. The summed E-state index contributed by atoms with van der Waals surface area (Å²) in [7, 11) is 1.85. The van der Waals surface area contributed by atoms with Crippen molar-refractivity contribution in [3.8, 4) is 0 Å². The first-order valence-corrected chi connectivity index (χ1v) is 8.01. The monoisotopic (exact) mass is 287 g/mol. The molecule has 114 valence electrons. The minimum Gasteiger partial charge on any atom is -0.325 e. The largest absolute Gasteiger partial charge is 0.325 e. The van der Waals surface area contributed by atoms with Gasteiger partial charge in [0.25, 0.3) is 0 Å². The predicted molar refractivity (Wildman–Crippen MR) is 84.1 cm³/mol. The molecule has 1 aromatic heterocycles. The molecule has 2 aliphatic rings. The van der Waals surface area contributed by atoms with E-state index >= 15 is 0 Å². The third-order valence-corrected chi connectivity index (χ3v) is 4.91. The van der Waals surface area contributed by atoms with Crippen molar-refractivity contribution in [2.75, 3.05) is 7.05 Å². The van der Waals surface area contributed by atoms with Gasteiger partial charge >= 0.3 is 0 Å². The van der Waals surface area contributed by atoms with Gasteiger partial charge in [-0.05, 0) is 43.4 Å². The van der Waals surface area contributed by atoms with Crippen LogP contribution in [0, 0.1) is 11.3 Å². The number of hydrogen-bond acceptors (Lipinski definition) is 3. The Kier molecular flexibility index (Phi) is 3.72. The number of aromatic nitrogens is 2. The minimum atomic E-state index is 0.0541. The minimum absolute atomic E-state index is 0.0541. The van der Waals surface area contributed by atoms with Crippen molar-refractivity contribution in [1.29, 1.82) is 0 Å². The SMILES string of the molecule is CN=C[C@H]1CC[C@@H](n2cnc3c2C(=O)CC(C)(C)C3)CC1. The van der Waals surface area contributed by atoms with Crippen LogP contribution in [0.1, 0.15) is 68.2 Å². The summed E-state index contributed by atoms with van der Waals surface area (Å²) < 4.78 is 2.17. The van der Waals surface area contributed by atoms with Crippen LogP contribution >= 0.6 is 0 Å². The van der Waals surface area contributed by atoms with E-state index in [1.165, 1.54) is 0 Å². The second kappa shape index (κ2) is 5.39. The maximum atomic E-state index is 12.5. The van der Waals surface area contributed by atoms with Gasteiger partial charge in [-0.15, -0.1) is 0 Å². The average molecular weight is 287 g/mol. The highest BCUT2D eigenvalue weighted by atomic mass is 16.1. The van der Waals surface area contributed by atoms with Crippen LogP contribution in [-0.2, 0) is 6.42 Å². The molecule has 0 spiro atoms. The molecule has 4 nitrogen and oxygen atoms in total. The van der Waals surface area contributed by atoms with Crippen LogP contribution in [0.5, 0.6) is 0 Å². The number of aliphatic imine (C=N–C) groups is 1. The topological polar surface area (TPSA) is 47.2 Å². The van der Waals surface area contributed by atoms with Crippen molar-refractivity contribution in [3.63, 3.8) is 0 Å². The molecule has 0 saturated heterocycles. The van der Waals surface area contributed by atoms with Gasteiger partial charge in [-0.2, -0.15) is 0 Å². The van der Waals surface area contributed by atoms with Gasteiger partial charge in [0.1, 0.15) is 5.69 Å². The molecule has 21 heavy (non-hydrogen) atoms. The molecule has 0 aliphatic heterocycles. The van der Waals surface area contributed by atoms with Crippen LogP contribution in [0.25, 0.3) is 0 Å². The van der Waals surface area contributed by atoms with E-state index in [0.717, 1.165) is 43.5 Å². The Hall–Kier alpha value is -1.45. The van der Waals surface area contributed by atoms with Crippen molar-refractivity contribution >= 4 is 12.0 Å². The van der Waals surface area contributed by atoms with Crippen molar-refractivity contribution in [2.45, 2.75) is 58.4 Å². The molecular weight excluding hydrogens is 262 g/mol. The number of imidazole rings is 1. The number of hydrogen-bond donors (Lipinski definition) is 0. The molecule has 1 saturated carbocycles. The lowest BCUT2D eigenvalue weighted by Crippen LogP contribution is -2.30. The summed E-state index contributed by atoms with van der Waals surface area (Å²) in [5.74, 6) is 0.885. The highest BCUT2D eigenvalue weighted by Gasteiger charge is 2.36. The molecule has 2 aliphatic carbocycles. The third kappa shape index (κ3) is 2.81. The number of Topliss-reactive ketones (excluding diaryl/α,β-unsaturated/α-hetero) is 1. The van der Waals surface area contributed by atoms with E-state index in [-0.39, 0.29) is 11.2 Å². The van der Waals surface area contributed by atoms with E-state index in [9.17, 15) is 4.79 Å². The first kappa shape index (κ1) is 14.5. The van der Waals surface area contributed by atoms with Gasteiger partial charge in [0.15, 0.2) is 5.78 Å². The zero-order valence-electron chi connectivity index (χ0n) is 13.3. The Morgan fingerprint density at radius 2 is 2.00 bits per heavy atom. The molecule has 0 radical (unpaired) electrons. The number of carbonyl (C=O) groups excluding carboxylic acids is 1. The van der Waals surface area contributed by atoms with Crippen molar-refractivity contribution in [1.82, 2.24) is 9.55 Å². The zero-order chi connectivity index (χ0) is 15.0. The van der Waals surface area contributed by atoms with Crippen molar-refractivity contribution < 1.29 is 4.79 Å². The van der Waals surface area contributed by atoms with Gasteiger partial charge < -0.3 is 9.56 Å². The lowest BCUT2D eigenvalue weighted by molar-refractivity contribution is 0.0896. The molecule has 3 rings (SSSR count). The summed E-state index contributed by atoms with van der Waals surface area (Å²) in [6.45, 7) is 4.31. The molecule has 0 amide bonds. The summed E-state index contributed by atoms with van der Waals surface area (Å²) in [6.07, 6.45) is 10.1. The van der Waals surface area contributed by atoms with Crippen molar-refractivity contribution in [3.05, 3.63) is 17.7 Å². The maximum absolute atomic E-state index is 12.5. The summed E-state index contributed by atoms with van der Waals surface area (Å²) >= 11 is 0. The van der Waals surface area contributed by atoms with E-state index < -0.39 is 0 Å². The van der Waals surface area contributed by atoms with E-state index in [2.05, 4.69) is 34.6 Å². The summed E-state index contributed by atoms with van der Waals surface area (Å²) in [5, 5.41) is 0. The second-order valence-corrected chi connectivity index (χ2v) is 7.36. The van der Waals surface area contributed by atoms with Crippen molar-refractivity contribution in [2.24, 2.45) is 16.3 Å². The molecule has 0 bridgehead atoms. The van der Waals surface area contributed by atoms with Gasteiger partial charge in [0.05, 0.1) is 12.0 Å². The average Bonchev–Trinajstić information content (AvgIpc) is 2.82. The fourth-order valence-electron chi connectivity index (χ4n) is 3.88. The Bertz CT molecular complexity index is 563. The first-order chi connectivity index (χ1) is 10.00. The molecule has 4 heteroatoms. The van der Waals surface area contributed by atoms with Crippen LogP contribution < -0.4 is 0 Å². The van der Waals surface area contributed by atoms with Gasteiger partial charge in [-0.1, -0.05) is 13.8 Å². The van der Waals surface area contributed by atoms with Crippen LogP contribution in [0.3, 0.4) is 0 Å². The van der Waals surface area contributed by atoms with Crippen LogP contribution in [0.4, 0.5) is 0 Å². The molecule has 1 aromatic rings. The first-order valence-electron chi connectivity index (χ1n) is 8.01. The number of rotatable bonds is 2. The number of carbonyl (C=O) groups is 1. The highest BCUT2D eigenvalue weighted by Crippen LogP contribution is 2.38. The molecule has 1 heterocycles. The molecular formula is C17H25N3O. The molecule has 0 unspecified atom stereocenters.